The van der Waals surface area contributed by atoms with Crippen LogP contribution >= 0.6 is 11.6 Å². The molecule has 3 rings (SSSR count). The smallest absolute Gasteiger partial charge is 0.266 e. The van der Waals surface area contributed by atoms with Gasteiger partial charge in [-0.2, -0.15) is 5.10 Å². The van der Waals surface area contributed by atoms with Crippen molar-refractivity contribution in [3.05, 3.63) is 87.7 Å². The van der Waals surface area contributed by atoms with Gasteiger partial charge in [-0.25, -0.2) is 4.68 Å². The lowest BCUT2D eigenvalue weighted by molar-refractivity contribution is -0.122. The fraction of sp³-hybridized carbons (Fsp3) is 0.227. The highest BCUT2D eigenvalue weighted by Gasteiger charge is 2.17. The van der Waals surface area contributed by atoms with Crippen molar-refractivity contribution in [2.24, 2.45) is 0 Å². The highest BCUT2D eigenvalue weighted by molar-refractivity contribution is 6.30. The Balaban J connectivity index is 1.66. The van der Waals surface area contributed by atoms with Crippen LogP contribution in [0.15, 0.2) is 71.5 Å². The average Bonchev–Trinajstić information content (AvgIpc) is 2.71. The molecule has 2 aromatic carbocycles. The molecule has 0 saturated carbocycles. The number of nitrogens with one attached hydrogen (secondary N) is 1. The lowest BCUT2D eigenvalue weighted by Gasteiger charge is -2.15. The zero-order valence-electron chi connectivity index (χ0n) is 15.6. The van der Waals surface area contributed by atoms with E-state index in [1.807, 2.05) is 49.4 Å². The summed E-state index contributed by atoms with van der Waals surface area (Å²) in [6.07, 6.45) is 0.708. The molecule has 0 spiro atoms. The minimum absolute atomic E-state index is 0.0457. The zero-order valence-corrected chi connectivity index (χ0v) is 16.4. The number of halogens is 1. The summed E-state index contributed by atoms with van der Waals surface area (Å²) in [6, 6.07) is 20.1. The van der Waals surface area contributed by atoms with Gasteiger partial charge in [-0.1, -0.05) is 61.0 Å². The van der Waals surface area contributed by atoms with Gasteiger partial charge in [0.15, 0.2) is 0 Å². The number of carbonyl (C=O) groups is 1. The van der Waals surface area contributed by atoms with Crippen molar-refractivity contribution < 1.29 is 4.79 Å². The molecule has 1 unspecified atom stereocenters. The van der Waals surface area contributed by atoms with E-state index in [-0.39, 0.29) is 17.4 Å². The van der Waals surface area contributed by atoms with Crippen LogP contribution in [-0.4, -0.2) is 22.2 Å². The van der Waals surface area contributed by atoms with Crippen molar-refractivity contribution >= 4 is 17.5 Å². The molecule has 1 aromatic heterocycles. The molecular formula is C22H22ClN3O2. The van der Waals surface area contributed by atoms with E-state index in [4.69, 9.17) is 11.6 Å². The Bertz CT molecular complexity index is 985. The van der Waals surface area contributed by atoms with Crippen LogP contribution < -0.4 is 10.9 Å². The SMILES string of the molecule is CCC(C(=O)NCCn1nc(-c2ccc(Cl)cc2)ccc1=O)c1ccccc1. The summed E-state index contributed by atoms with van der Waals surface area (Å²) in [5, 5.41) is 7.96. The summed E-state index contributed by atoms with van der Waals surface area (Å²) in [5.41, 5.74) is 2.33. The van der Waals surface area contributed by atoms with E-state index in [0.29, 0.717) is 30.2 Å². The molecule has 5 nitrogen and oxygen atoms in total. The molecule has 6 heteroatoms. The van der Waals surface area contributed by atoms with E-state index < -0.39 is 0 Å². The summed E-state index contributed by atoms with van der Waals surface area (Å²) in [4.78, 5) is 24.6. The first-order valence-corrected chi connectivity index (χ1v) is 9.63. The third-order valence-corrected chi connectivity index (χ3v) is 4.81. The summed E-state index contributed by atoms with van der Waals surface area (Å²) < 4.78 is 1.37. The van der Waals surface area contributed by atoms with E-state index in [0.717, 1.165) is 11.1 Å². The van der Waals surface area contributed by atoms with E-state index >= 15 is 0 Å². The van der Waals surface area contributed by atoms with Crippen LogP contribution in [0, 0.1) is 0 Å². The molecule has 1 atom stereocenters. The minimum atomic E-state index is -0.206. The molecule has 28 heavy (non-hydrogen) atoms. The van der Waals surface area contributed by atoms with Crippen molar-refractivity contribution in [2.45, 2.75) is 25.8 Å². The van der Waals surface area contributed by atoms with E-state index in [9.17, 15) is 9.59 Å². The molecule has 0 aliphatic carbocycles. The minimum Gasteiger partial charge on any atom is -0.354 e. The van der Waals surface area contributed by atoms with Crippen molar-refractivity contribution in [3.8, 4) is 11.3 Å². The van der Waals surface area contributed by atoms with Crippen LogP contribution in [0.2, 0.25) is 5.02 Å². The van der Waals surface area contributed by atoms with Crippen LogP contribution in [0.25, 0.3) is 11.3 Å². The van der Waals surface area contributed by atoms with Gasteiger partial charge in [-0.15, -0.1) is 0 Å². The van der Waals surface area contributed by atoms with Gasteiger partial charge in [0.1, 0.15) is 0 Å². The largest absolute Gasteiger partial charge is 0.354 e. The standard InChI is InChI=1S/C22H22ClN3O2/c1-2-19(16-6-4-3-5-7-16)22(28)24-14-15-26-21(27)13-12-20(25-26)17-8-10-18(23)11-9-17/h3-13,19H,2,14-15H2,1H3,(H,24,28). The Morgan fingerprint density at radius 3 is 2.46 bits per heavy atom. The second kappa shape index (κ2) is 9.33. The predicted molar refractivity (Wildman–Crippen MR) is 111 cm³/mol. The molecule has 0 saturated heterocycles. The molecule has 1 heterocycles. The zero-order chi connectivity index (χ0) is 19.9. The van der Waals surface area contributed by atoms with E-state index in [1.165, 1.54) is 10.7 Å². The van der Waals surface area contributed by atoms with Gasteiger partial charge in [0, 0.05) is 23.2 Å². The summed E-state index contributed by atoms with van der Waals surface area (Å²) in [5.74, 6) is -0.248. The third kappa shape index (κ3) is 4.87. The number of nitrogens with zero attached hydrogens (tertiary/aromatic N) is 2. The van der Waals surface area contributed by atoms with Crippen molar-refractivity contribution in [1.29, 1.82) is 0 Å². The lowest BCUT2D eigenvalue weighted by Crippen LogP contribution is -2.34. The first-order chi connectivity index (χ1) is 13.6. The quantitative estimate of drug-likeness (QED) is 0.660. The Morgan fingerprint density at radius 1 is 1.07 bits per heavy atom. The Labute approximate surface area is 169 Å². The average molecular weight is 396 g/mol. The maximum Gasteiger partial charge on any atom is 0.266 e. The van der Waals surface area contributed by atoms with Crippen molar-refractivity contribution in [1.82, 2.24) is 15.1 Å². The second-order valence-corrected chi connectivity index (χ2v) is 6.89. The van der Waals surface area contributed by atoms with Gasteiger partial charge in [0.05, 0.1) is 18.2 Å². The number of aromatic nitrogens is 2. The molecule has 3 aromatic rings. The Kier molecular flexibility index (Phi) is 6.61. The van der Waals surface area contributed by atoms with Gasteiger partial charge in [0.25, 0.3) is 5.56 Å². The number of benzene rings is 2. The Morgan fingerprint density at radius 2 is 1.79 bits per heavy atom. The maximum atomic E-state index is 12.5. The molecular weight excluding hydrogens is 374 g/mol. The van der Waals surface area contributed by atoms with Gasteiger partial charge in [0.2, 0.25) is 5.91 Å². The van der Waals surface area contributed by atoms with Crippen molar-refractivity contribution in [2.75, 3.05) is 6.54 Å². The Hall–Kier alpha value is -2.92. The first kappa shape index (κ1) is 19.8. The highest BCUT2D eigenvalue weighted by atomic mass is 35.5. The molecule has 1 N–H and O–H groups in total. The van der Waals surface area contributed by atoms with Crippen molar-refractivity contribution in [3.63, 3.8) is 0 Å². The first-order valence-electron chi connectivity index (χ1n) is 9.25. The lowest BCUT2D eigenvalue weighted by atomic mass is 9.96. The number of amides is 1. The normalized spacial score (nSPS) is 11.8. The highest BCUT2D eigenvalue weighted by Crippen LogP contribution is 2.19. The molecule has 0 aliphatic heterocycles. The summed E-state index contributed by atoms with van der Waals surface area (Å²) in [7, 11) is 0. The summed E-state index contributed by atoms with van der Waals surface area (Å²) >= 11 is 5.92. The van der Waals surface area contributed by atoms with E-state index in [2.05, 4.69) is 10.4 Å². The van der Waals surface area contributed by atoms with Crippen LogP contribution in [0.5, 0.6) is 0 Å². The summed E-state index contributed by atoms with van der Waals surface area (Å²) in [6.45, 7) is 2.62. The molecule has 0 radical (unpaired) electrons. The van der Waals surface area contributed by atoms with Crippen LogP contribution in [-0.2, 0) is 11.3 Å². The number of hydrogen-bond acceptors (Lipinski definition) is 3. The van der Waals surface area contributed by atoms with E-state index in [1.54, 1.807) is 18.2 Å². The molecule has 144 valence electrons. The van der Waals surface area contributed by atoms with Gasteiger partial charge < -0.3 is 5.32 Å². The van der Waals surface area contributed by atoms with Crippen LogP contribution in [0.1, 0.15) is 24.8 Å². The molecule has 0 aliphatic rings. The van der Waals surface area contributed by atoms with Gasteiger partial charge in [-0.05, 0) is 30.2 Å². The third-order valence-electron chi connectivity index (χ3n) is 4.56. The van der Waals surface area contributed by atoms with Crippen LogP contribution in [0.4, 0.5) is 0 Å². The molecule has 0 fully saturated rings. The molecule has 0 bridgehead atoms. The fourth-order valence-electron chi connectivity index (χ4n) is 3.05. The van der Waals surface area contributed by atoms with Crippen LogP contribution in [0.3, 0.4) is 0 Å². The second-order valence-electron chi connectivity index (χ2n) is 6.45. The van der Waals surface area contributed by atoms with Gasteiger partial charge in [-0.3, -0.25) is 9.59 Å². The van der Waals surface area contributed by atoms with Gasteiger partial charge >= 0.3 is 0 Å². The fourth-order valence-corrected chi connectivity index (χ4v) is 3.18. The number of hydrogen-bond donors (Lipinski definition) is 1. The monoisotopic (exact) mass is 395 g/mol. The topological polar surface area (TPSA) is 64.0 Å². The number of carbonyl (C=O) groups excluding carboxylic acids is 1. The number of rotatable bonds is 7. The maximum absolute atomic E-state index is 12.5. The molecule has 1 amide bonds. The predicted octanol–water partition coefficient (Wildman–Crippen LogP) is 3.87.